The summed E-state index contributed by atoms with van der Waals surface area (Å²) < 4.78 is 22.6. The molecule has 0 fully saturated rings. The van der Waals surface area contributed by atoms with Gasteiger partial charge in [0.1, 0.15) is 0 Å². The molecule has 0 aromatic heterocycles. The first-order chi connectivity index (χ1) is 7.64. The molecule has 0 N–H and O–H groups in total. The minimum Gasteiger partial charge on any atom is -0.345 e. The van der Waals surface area contributed by atoms with Crippen LogP contribution in [0.4, 0.5) is 0 Å². The van der Waals surface area contributed by atoms with Gasteiger partial charge in [0.25, 0.3) is 15.0 Å². The molecule has 0 radical (unpaired) electrons. The van der Waals surface area contributed by atoms with Crippen LogP contribution in [0.15, 0.2) is 17.0 Å². The average molecular weight is 276 g/mol. The molecule has 0 aliphatic carbocycles. The van der Waals surface area contributed by atoms with Crippen molar-refractivity contribution < 1.29 is 13.2 Å². The topological polar surface area (TPSA) is 54.5 Å². The van der Waals surface area contributed by atoms with E-state index in [2.05, 4.69) is 0 Å². The summed E-state index contributed by atoms with van der Waals surface area (Å²) >= 11 is 0. The normalized spacial score (nSPS) is 11.4. The van der Waals surface area contributed by atoms with E-state index in [-0.39, 0.29) is 10.8 Å². The van der Waals surface area contributed by atoms with Gasteiger partial charge in [0, 0.05) is 30.3 Å². The highest BCUT2D eigenvalue weighted by Gasteiger charge is 2.18. The molecule has 0 saturated carbocycles. The van der Waals surface area contributed by atoms with Crippen molar-refractivity contribution in [1.29, 1.82) is 0 Å². The number of halogens is 1. The smallest absolute Gasteiger partial charge is 0.261 e. The Morgan fingerprint density at radius 2 is 1.76 bits per heavy atom. The Morgan fingerprint density at radius 1 is 1.24 bits per heavy atom. The highest BCUT2D eigenvalue weighted by molar-refractivity contribution is 8.13. The Labute approximate surface area is 106 Å². The van der Waals surface area contributed by atoms with Gasteiger partial charge in [-0.05, 0) is 37.1 Å². The Morgan fingerprint density at radius 3 is 2.18 bits per heavy atom. The second-order valence-electron chi connectivity index (χ2n) is 4.05. The monoisotopic (exact) mass is 275 g/mol. The van der Waals surface area contributed by atoms with Gasteiger partial charge in [-0.3, -0.25) is 4.79 Å². The van der Waals surface area contributed by atoms with Gasteiger partial charge < -0.3 is 4.90 Å². The quantitative estimate of drug-likeness (QED) is 0.775. The van der Waals surface area contributed by atoms with Gasteiger partial charge in [0.05, 0.1) is 4.90 Å². The van der Waals surface area contributed by atoms with Crippen LogP contribution < -0.4 is 0 Å². The fourth-order valence-electron chi connectivity index (χ4n) is 1.43. The fourth-order valence-corrected chi connectivity index (χ4v) is 2.27. The maximum atomic E-state index is 11.9. The van der Waals surface area contributed by atoms with Crippen LogP contribution in [0.2, 0.25) is 0 Å². The van der Waals surface area contributed by atoms with Crippen LogP contribution >= 0.6 is 10.7 Å². The molecule has 94 valence electrons. The van der Waals surface area contributed by atoms with Crippen LogP contribution in [0.25, 0.3) is 0 Å². The largest absolute Gasteiger partial charge is 0.345 e. The average Bonchev–Trinajstić information content (AvgIpc) is 2.19. The third kappa shape index (κ3) is 2.98. The van der Waals surface area contributed by atoms with Gasteiger partial charge in [-0.25, -0.2) is 8.42 Å². The molecule has 1 aromatic carbocycles. The number of rotatable bonds is 2. The molecule has 0 unspecified atom stereocenters. The summed E-state index contributed by atoms with van der Waals surface area (Å²) in [5.74, 6) is -0.243. The van der Waals surface area contributed by atoms with E-state index < -0.39 is 9.05 Å². The van der Waals surface area contributed by atoms with Crippen LogP contribution in [0.5, 0.6) is 0 Å². The molecule has 0 saturated heterocycles. The third-order valence-corrected chi connectivity index (χ3v) is 3.89. The molecule has 0 heterocycles. The minimum atomic E-state index is -3.82. The SMILES string of the molecule is Cc1cc(S(=O)(=O)Cl)cc(C(=O)N(C)C)c1C. The predicted molar refractivity (Wildman–Crippen MR) is 67.0 cm³/mol. The van der Waals surface area contributed by atoms with Crippen molar-refractivity contribution in [3.05, 3.63) is 28.8 Å². The third-order valence-electron chi connectivity index (χ3n) is 2.56. The van der Waals surface area contributed by atoms with Gasteiger partial charge >= 0.3 is 0 Å². The Hall–Kier alpha value is -1.07. The van der Waals surface area contributed by atoms with E-state index in [1.54, 1.807) is 27.9 Å². The number of hydrogen-bond acceptors (Lipinski definition) is 3. The summed E-state index contributed by atoms with van der Waals surface area (Å²) in [6, 6.07) is 2.77. The summed E-state index contributed by atoms with van der Waals surface area (Å²) in [5, 5.41) is 0. The van der Waals surface area contributed by atoms with Crippen molar-refractivity contribution in [2.45, 2.75) is 18.7 Å². The zero-order chi connectivity index (χ0) is 13.4. The van der Waals surface area contributed by atoms with Crippen molar-refractivity contribution in [3.63, 3.8) is 0 Å². The highest BCUT2D eigenvalue weighted by atomic mass is 35.7. The first-order valence-electron chi connectivity index (χ1n) is 4.92. The molecular weight excluding hydrogens is 262 g/mol. The number of nitrogens with zero attached hydrogens (tertiary/aromatic N) is 1. The summed E-state index contributed by atoms with van der Waals surface area (Å²) in [7, 11) is 4.68. The van der Waals surface area contributed by atoms with Crippen molar-refractivity contribution in [2.24, 2.45) is 0 Å². The molecule has 0 atom stereocenters. The van der Waals surface area contributed by atoms with Crippen LogP contribution in [0, 0.1) is 13.8 Å². The lowest BCUT2D eigenvalue weighted by Gasteiger charge is -2.14. The van der Waals surface area contributed by atoms with Gasteiger partial charge in [0.2, 0.25) is 0 Å². The summed E-state index contributed by atoms with van der Waals surface area (Å²) in [6.07, 6.45) is 0. The van der Waals surface area contributed by atoms with E-state index in [1.807, 2.05) is 0 Å². The predicted octanol–water partition coefficient (Wildman–Crippen LogP) is 1.93. The zero-order valence-electron chi connectivity index (χ0n) is 10.1. The van der Waals surface area contributed by atoms with Crippen molar-refractivity contribution >= 4 is 25.6 Å². The van der Waals surface area contributed by atoms with E-state index in [4.69, 9.17) is 10.7 Å². The highest BCUT2D eigenvalue weighted by Crippen LogP contribution is 2.23. The molecule has 0 aliphatic rings. The van der Waals surface area contributed by atoms with Crippen LogP contribution in [0.3, 0.4) is 0 Å². The second-order valence-corrected chi connectivity index (χ2v) is 6.62. The summed E-state index contributed by atoms with van der Waals surface area (Å²) in [5.41, 5.74) is 1.83. The molecule has 0 aliphatic heterocycles. The van der Waals surface area contributed by atoms with E-state index >= 15 is 0 Å². The van der Waals surface area contributed by atoms with Crippen molar-refractivity contribution in [2.75, 3.05) is 14.1 Å². The molecular formula is C11H14ClNO3S. The standard InChI is InChI=1S/C11H14ClNO3S/c1-7-5-9(17(12,15)16)6-10(8(7)2)11(14)13(3)4/h5-6H,1-4H3. The number of benzene rings is 1. The molecule has 4 nitrogen and oxygen atoms in total. The fraction of sp³-hybridized carbons (Fsp3) is 0.364. The van der Waals surface area contributed by atoms with E-state index in [1.165, 1.54) is 17.0 Å². The lowest BCUT2D eigenvalue weighted by Crippen LogP contribution is -2.23. The molecule has 0 spiro atoms. The summed E-state index contributed by atoms with van der Waals surface area (Å²) in [6.45, 7) is 3.52. The molecule has 1 amide bonds. The number of hydrogen-bond donors (Lipinski definition) is 0. The zero-order valence-corrected chi connectivity index (χ0v) is 11.7. The summed E-state index contributed by atoms with van der Waals surface area (Å²) in [4.78, 5) is 13.2. The van der Waals surface area contributed by atoms with Gasteiger partial charge in [0.15, 0.2) is 0 Å². The van der Waals surface area contributed by atoms with E-state index in [9.17, 15) is 13.2 Å². The van der Waals surface area contributed by atoms with Crippen LogP contribution in [-0.2, 0) is 9.05 Å². The van der Waals surface area contributed by atoms with Crippen LogP contribution in [0.1, 0.15) is 21.5 Å². The maximum Gasteiger partial charge on any atom is 0.261 e. The lowest BCUT2D eigenvalue weighted by atomic mass is 10.0. The Bertz CT molecular complexity index is 564. The van der Waals surface area contributed by atoms with Gasteiger partial charge in [-0.15, -0.1) is 0 Å². The number of amides is 1. The first-order valence-corrected chi connectivity index (χ1v) is 7.23. The minimum absolute atomic E-state index is 0.0486. The molecule has 1 rings (SSSR count). The van der Waals surface area contributed by atoms with Crippen molar-refractivity contribution in [3.8, 4) is 0 Å². The molecule has 1 aromatic rings. The lowest BCUT2D eigenvalue weighted by molar-refractivity contribution is 0.0826. The first kappa shape index (κ1) is 14.0. The number of carbonyl (C=O) groups is 1. The van der Waals surface area contributed by atoms with E-state index in [0.29, 0.717) is 5.56 Å². The Kier molecular flexibility index (Phi) is 3.84. The van der Waals surface area contributed by atoms with E-state index in [0.717, 1.165) is 11.1 Å². The maximum absolute atomic E-state index is 11.9. The Balaban J connectivity index is 3.51. The van der Waals surface area contributed by atoms with Crippen LogP contribution in [-0.4, -0.2) is 33.3 Å². The molecule has 0 bridgehead atoms. The second kappa shape index (κ2) is 4.66. The van der Waals surface area contributed by atoms with Gasteiger partial charge in [-0.2, -0.15) is 0 Å². The molecule has 17 heavy (non-hydrogen) atoms. The molecule has 6 heteroatoms. The van der Waals surface area contributed by atoms with Crippen molar-refractivity contribution in [1.82, 2.24) is 4.90 Å². The number of aryl methyl sites for hydroxylation is 1. The van der Waals surface area contributed by atoms with Gasteiger partial charge in [-0.1, -0.05) is 0 Å². The number of carbonyl (C=O) groups excluding carboxylic acids is 1.